The molecule has 2 N–H and O–H groups in total. The molecule has 0 aromatic heterocycles. The molecule has 0 saturated carbocycles. The summed E-state index contributed by atoms with van der Waals surface area (Å²) in [5, 5.41) is 10.5. The predicted octanol–water partition coefficient (Wildman–Crippen LogP) is 1.03. The highest BCUT2D eigenvalue weighted by Gasteiger charge is 2.08. The lowest BCUT2D eigenvalue weighted by atomic mass is 10.3. The van der Waals surface area contributed by atoms with Gasteiger partial charge in [-0.15, -0.1) is 0 Å². The Morgan fingerprint density at radius 2 is 2.19 bits per heavy atom. The van der Waals surface area contributed by atoms with Gasteiger partial charge in [0.1, 0.15) is 12.4 Å². The molecule has 1 amide bonds. The summed E-state index contributed by atoms with van der Waals surface area (Å²) in [5.41, 5.74) is 0. The van der Waals surface area contributed by atoms with Gasteiger partial charge in [0.15, 0.2) is 0 Å². The number of carboxylic acid groups (broad SMARTS) is 1. The van der Waals surface area contributed by atoms with Crippen molar-refractivity contribution in [1.29, 1.82) is 0 Å². The highest BCUT2D eigenvalue weighted by Crippen LogP contribution is 2.17. The summed E-state index contributed by atoms with van der Waals surface area (Å²) in [6.07, 6.45) is 0. The maximum atomic E-state index is 10.6. The second-order valence-electron chi connectivity index (χ2n) is 2.87. The number of carboxylic acids is 1. The average Bonchev–Trinajstić information content (AvgIpc) is 2.24. The van der Waals surface area contributed by atoms with Crippen LogP contribution in [0.15, 0.2) is 28.7 Å². The van der Waals surface area contributed by atoms with E-state index < -0.39 is 11.9 Å². The molecule has 0 spiro atoms. The Morgan fingerprint density at radius 1 is 1.44 bits per heavy atom. The fourth-order valence-corrected chi connectivity index (χ4v) is 1.34. The number of carbonyl (C=O) groups is 2. The lowest BCUT2D eigenvalue weighted by Crippen LogP contribution is -2.33. The Kier molecular flexibility index (Phi) is 4.78. The van der Waals surface area contributed by atoms with E-state index in [1.807, 2.05) is 12.1 Å². The third kappa shape index (κ3) is 4.31. The zero-order valence-electron chi connectivity index (χ0n) is 8.27. The van der Waals surface area contributed by atoms with Crippen molar-refractivity contribution in [3.63, 3.8) is 0 Å². The minimum atomic E-state index is -1.50. The molecule has 1 aromatic carbocycles. The number of rotatable bonds is 4. The van der Waals surface area contributed by atoms with Crippen LogP contribution in [0.3, 0.4) is 0 Å². The summed E-state index contributed by atoms with van der Waals surface area (Å²) >= 11 is 3.29. The average molecular weight is 288 g/mol. The van der Waals surface area contributed by atoms with Gasteiger partial charge < -0.3 is 15.2 Å². The molecule has 0 aliphatic rings. The zero-order valence-corrected chi connectivity index (χ0v) is 9.86. The van der Waals surface area contributed by atoms with Crippen molar-refractivity contribution in [3.8, 4) is 5.75 Å². The monoisotopic (exact) mass is 287 g/mol. The SMILES string of the molecule is O=C(O)C(=O)NCCOc1cccc(Br)c1. The molecule has 1 rings (SSSR count). The number of aliphatic carboxylic acids is 1. The van der Waals surface area contributed by atoms with Crippen molar-refractivity contribution in [2.45, 2.75) is 0 Å². The fourth-order valence-electron chi connectivity index (χ4n) is 0.966. The topological polar surface area (TPSA) is 75.6 Å². The molecular weight excluding hydrogens is 278 g/mol. The fraction of sp³-hybridized carbons (Fsp3) is 0.200. The smallest absolute Gasteiger partial charge is 0.394 e. The molecule has 1 aromatic rings. The Labute approximate surface area is 101 Å². The van der Waals surface area contributed by atoms with Crippen molar-refractivity contribution in [3.05, 3.63) is 28.7 Å². The van der Waals surface area contributed by atoms with Gasteiger partial charge in [-0.25, -0.2) is 4.79 Å². The third-order valence-corrected chi connectivity index (χ3v) is 2.14. The molecule has 16 heavy (non-hydrogen) atoms. The van der Waals surface area contributed by atoms with Gasteiger partial charge in [-0.3, -0.25) is 4.79 Å². The maximum Gasteiger partial charge on any atom is 0.394 e. The van der Waals surface area contributed by atoms with Crippen LogP contribution in [0.1, 0.15) is 0 Å². The van der Waals surface area contributed by atoms with Crippen LogP contribution in [0.2, 0.25) is 0 Å². The minimum Gasteiger partial charge on any atom is -0.492 e. The molecule has 6 heteroatoms. The summed E-state index contributed by atoms with van der Waals surface area (Å²) in [5.74, 6) is -1.88. The van der Waals surface area contributed by atoms with Gasteiger partial charge >= 0.3 is 11.9 Å². The Hall–Kier alpha value is -1.56. The number of carbonyl (C=O) groups excluding carboxylic acids is 1. The molecule has 0 saturated heterocycles. The quantitative estimate of drug-likeness (QED) is 0.641. The van der Waals surface area contributed by atoms with Gasteiger partial charge in [0.25, 0.3) is 0 Å². The molecular formula is C10H10BrNO4. The molecule has 0 heterocycles. The van der Waals surface area contributed by atoms with Gasteiger partial charge in [-0.1, -0.05) is 22.0 Å². The van der Waals surface area contributed by atoms with Crippen molar-refractivity contribution in [1.82, 2.24) is 5.32 Å². The third-order valence-electron chi connectivity index (χ3n) is 1.65. The van der Waals surface area contributed by atoms with E-state index in [-0.39, 0.29) is 13.2 Å². The van der Waals surface area contributed by atoms with Crippen molar-refractivity contribution >= 4 is 27.8 Å². The van der Waals surface area contributed by atoms with E-state index in [2.05, 4.69) is 21.2 Å². The van der Waals surface area contributed by atoms with E-state index in [4.69, 9.17) is 9.84 Å². The van der Waals surface area contributed by atoms with Gasteiger partial charge in [-0.05, 0) is 18.2 Å². The van der Waals surface area contributed by atoms with Crippen LogP contribution in [0.25, 0.3) is 0 Å². The second kappa shape index (κ2) is 6.12. The number of ether oxygens (including phenoxy) is 1. The molecule has 0 aliphatic carbocycles. The Morgan fingerprint density at radius 3 is 2.81 bits per heavy atom. The highest BCUT2D eigenvalue weighted by molar-refractivity contribution is 9.10. The van der Waals surface area contributed by atoms with Crippen molar-refractivity contribution in [2.24, 2.45) is 0 Å². The first-order chi connectivity index (χ1) is 7.59. The van der Waals surface area contributed by atoms with Crippen molar-refractivity contribution in [2.75, 3.05) is 13.2 Å². The Bertz CT molecular complexity index is 394. The number of halogens is 1. The normalized spacial score (nSPS) is 9.56. The largest absolute Gasteiger partial charge is 0.492 e. The first-order valence-corrected chi connectivity index (χ1v) is 5.28. The Balaban J connectivity index is 2.26. The second-order valence-corrected chi connectivity index (χ2v) is 3.78. The number of hydrogen-bond donors (Lipinski definition) is 2. The van der Waals surface area contributed by atoms with Gasteiger partial charge in [0, 0.05) is 4.47 Å². The van der Waals surface area contributed by atoms with E-state index in [1.165, 1.54) is 0 Å². The number of benzene rings is 1. The summed E-state index contributed by atoms with van der Waals surface area (Å²) in [4.78, 5) is 20.8. The zero-order chi connectivity index (χ0) is 12.0. The molecule has 0 aliphatic heterocycles. The number of hydrogen-bond acceptors (Lipinski definition) is 3. The van der Waals surface area contributed by atoms with Gasteiger partial charge in [0.05, 0.1) is 6.54 Å². The van der Waals surface area contributed by atoms with E-state index in [0.29, 0.717) is 5.75 Å². The van der Waals surface area contributed by atoms with Crippen LogP contribution in [0, 0.1) is 0 Å². The lowest BCUT2D eigenvalue weighted by molar-refractivity contribution is -0.150. The van der Waals surface area contributed by atoms with Crippen LogP contribution >= 0.6 is 15.9 Å². The first-order valence-electron chi connectivity index (χ1n) is 4.49. The van der Waals surface area contributed by atoms with Crippen molar-refractivity contribution < 1.29 is 19.4 Å². The first kappa shape index (κ1) is 12.5. The number of amides is 1. The van der Waals surface area contributed by atoms with Crippen LogP contribution in [0.4, 0.5) is 0 Å². The highest BCUT2D eigenvalue weighted by atomic mass is 79.9. The minimum absolute atomic E-state index is 0.150. The van der Waals surface area contributed by atoms with Crippen LogP contribution < -0.4 is 10.1 Å². The molecule has 0 bridgehead atoms. The van der Waals surface area contributed by atoms with E-state index in [1.54, 1.807) is 12.1 Å². The van der Waals surface area contributed by atoms with E-state index in [9.17, 15) is 9.59 Å². The molecule has 5 nitrogen and oxygen atoms in total. The van der Waals surface area contributed by atoms with Crippen LogP contribution in [-0.4, -0.2) is 30.1 Å². The lowest BCUT2D eigenvalue weighted by Gasteiger charge is -2.06. The van der Waals surface area contributed by atoms with Gasteiger partial charge in [-0.2, -0.15) is 0 Å². The van der Waals surface area contributed by atoms with Gasteiger partial charge in [0.2, 0.25) is 0 Å². The van der Waals surface area contributed by atoms with E-state index >= 15 is 0 Å². The van der Waals surface area contributed by atoms with Crippen LogP contribution in [0.5, 0.6) is 5.75 Å². The molecule has 0 fully saturated rings. The summed E-state index contributed by atoms with van der Waals surface area (Å²) < 4.78 is 6.17. The van der Waals surface area contributed by atoms with E-state index in [0.717, 1.165) is 4.47 Å². The van der Waals surface area contributed by atoms with Crippen LogP contribution in [-0.2, 0) is 9.59 Å². The summed E-state index contributed by atoms with van der Waals surface area (Å²) in [6, 6.07) is 7.22. The standard InChI is InChI=1S/C10H10BrNO4/c11-7-2-1-3-8(6-7)16-5-4-12-9(13)10(14)15/h1-3,6H,4-5H2,(H,12,13)(H,14,15). The molecule has 86 valence electrons. The summed E-state index contributed by atoms with van der Waals surface area (Å²) in [6.45, 7) is 0.368. The predicted molar refractivity (Wildman–Crippen MR) is 60.3 cm³/mol. The maximum absolute atomic E-state index is 10.6. The summed E-state index contributed by atoms with van der Waals surface area (Å²) in [7, 11) is 0. The molecule has 0 radical (unpaired) electrons. The molecule has 0 unspecified atom stereocenters. The number of nitrogens with one attached hydrogen (secondary N) is 1. The molecule has 0 atom stereocenters.